The van der Waals surface area contributed by atoms with E-state index in [1.807, 2.05) is 37.4 Å². The number of hydrogen-bond acceptors (Lipinski definition) is 4. The van der Waals surface area contributed by atoms with Crippen molar-refractivity contribution in [2.75, 3.05) is 12.5 Å². The smallest absolute Gasteiger partial charge is 0.119 e. The zero-order valence-electron chi connectivity index (χ0n) is 16.9. The molecule has 1 aromatic heterocycles. The second-order valence-electron chi connectivity index (χ2n) is 7.30. The molecule has 0 aliphatic heterocycles. The lowest BCUT2D eigenvalue weighted by Crippen LogP contribution is -1.96. The number of pyridine rings is 1. The molecule has 0 bridgehead atoms. The Hall–Kier alpha value is -3.92. The quantitative estimate of drug-likeness (QED) is 0.222. The molecular weight excluding hydrogens is 370 g/mol. The van der Waals surface area contributed by atoms with Crippen molar-refractivity contribution in [3.05, 3.63) is 90.1 Å². The van der Waals surface area contributed by atoms with Gasteiger partial charge in [0.05, 0.1) is 24.5 Å². The molecule has 5 aromatic rings. The number of aromatic nitrogens is 1. The minimum atomic E-state index is 0.792. The lowest BCUT2D eigenvalue weighted by atomic mass is 9.97. The van der Waals surface area contributed by atoms with Crippen molar-refractivity contribution < 1.29 is 4.74 Å². The SMILES string of the molecule is COc1ccc2nc(C)cc(N/N=C/c3c4ccccc4cc4ccccc34)c2c1. The van der Waals surface area contributed by atoms with Crippen LogP contribution in [0.4, 0.5) is 5.69 Å². The van der Waals surface area contributed by atoms with Gasteiger partial charge in [0.2, 0.25) is 0 Å². The van der Waals surface area contributed by atoms with Crippen molar-refractivity contribution in [3.8, 4) is 5.75 Å². The molecule has 5 rings (SSSR count). The van der Waals surface area contributed by atoms with E-state index in [-0.39, 0.29) is 0 Å². The molecule has 0 aliphatic rings. The predicted molar refractivity (Wildman–Crippen MR) is 126 cm³/mol. The number of hydrazone groups is 1. The normalized spacial score (nSPS) is 11.5. The Kier molecular flexibility index (Phi) is 4.52. The van der Waals surface area contributed by atoms with E-state index >= 15 is 0 Å². The van der Waals surface area contributed by atoms with Gasteiger partial charge in [0.1, 0.15) is 5.75 Å². The van der Waals surface area contributed by atoms with E-state index in [9.17, 15) is 0 Å². The molecule has 0 atom stereocenters. The maximum Gasteiger partial charge on any atom is 0.119 e. The molecule has 30 heavy (non-hydrogen) atoms. The molecule has 0 saturated heterocycles. The third kappa shape index (κ3) is 3.22. The van der Waals surface area contributed by atoms with Gasteiger partial charge < -0.3 is 4.74 Å². The Morgan fingerprint density at radius 3 is 2.23 bits per heavy atom. The highest BCUT2D eigenvalue weighted by molar-refractivity contribution is 6.13. The number of rotatable bonds is 4. The van der Waals surface area contributed by atoms with Crippen LogP contribution in [-0.2, 0) is 0 Å². The molecule has 1 heterocycles. The maximum atomic E-state index is 5.38. The van der Waals surface area contributed by atoms with Crippen molar-refractivity contribution in [1.82, 2.24) is 4.98 Å². The number of ether oxygens (including phenoxy) is 1. The maximum absolute atomic E-state index is 5.38. The molecule has 146 valence electrons. The third-order valence-electron chi connectivity index (χ3n) is 5.34. The fraction of sp³-hybridized carbons (Fsp3) is 0.0769. The summed E-state index contributed by atoms with van der Waals surface area (Å²) in [5, 5.41) is 10.3. The van der Waals surface area contributed by atoms with Crippen molar-refractivity contribution in [2.24, 2.45) is 5.10 Å². The van der Waals surface area contributed by atoms with Gasteiger partial charge in [0.25, 0.3) is 0 Å². The van der Waals surface area contributed by atoms with Gasteiger partial charge in [-0.1, -0.05) is 48.5 Å². The van der Waals surface area contributed by atoms with Gasteiger partial charge in [-0.3, -0.25) is 10.4 Å². The summed E-state index contributed by atoms with van der Waals surface area (Å²) in [6, 6.07) is 26.9. The summed E-state index contributed by atoms with van der Waals surface area (Å²) >= 11 is 0. The summed E-state index contributed by atoms with van der Waals surface area (Å²) in [6.45, 7) is 1.98. The van der Waals surface area contributed by atoms with Gasteiger partial charge in [-0.25, -0.2) is 0 Å². The average Bonchev–Trinajstić information content (AvgIpc) is 2.78. The average molecular weight is 391 g/mol. The number of benzene rings is 4. The van der Waals surface area contributed by atoms with Crippen LogP contribution in [0.3, 0.4) is 0 Å². The number of anilines is 1. The van der Waals surface area contributed by atoms with Crippen LogP contribution in [0.25, 0.3) is 32.4 Å². The Morgan fingerprint density at radius 2 is 1.53 bits per heavy atom. The van der Waals surface area contributed by atoms with Gasteiger partial charge in [-0.05, 0) is 58.8 Å². The topological polar surface area (TPSA) is 46.5 Å². The van der Waals surface area contributed by atoms with Crippen LogP contribution in [0.2, 0.25) is 0 Å². The molecule has 0 radical (unpaired) electrons. The highest BCUT2D eigenvalue weighted by Gasteiger charge is 2.07. The molecule has 0 amide bonds. The largest absolute Gasteiger partial charge is 0.497 e. The van der Waals surface area contributed by atoms with E-state index in [0.717, 1.165) is 33.6 Å². The summed E-state index contributed by atoms with van der Waals surface area (Å²) in [7, 11) is 1.67. The fourth-order valence-electron chi connectivity index (χ4n) is 3.91. The molecule has 0 aliphatic carbocycles. The Bertz CT molecular complexity index is 1370. The number of methoxy groups -OCH3 is 1. The van der Waals surface area contributed by atoms with Crippen LogP contribution >= 0.6 is 0 Å². The van der Waals surface area contributed by atoms with E-state index in [0.29, 0.717) is 0 Å². The molecule has 1 N–H and O–H groups in total. The first-order valence-corrected chi connectivity index (χ1v) is 9.88. The Balaban J connectivity index is 1.60. The van der Waals surface area contributed by atoms with Gasteiger partial charge >= 0.3 is 0 Å². The number of hydrogen-bond donors (Lipinski definition) is 1. The minimum Gasteiger partial charge on any atom is -0.497 e. The van der Waals surface area contributed by atoms with E-state index in [1.165, 1.54) is 21.5 Å². The molecule has 0 saturated carbocycles. The Morgan fingerprint density at radius 1 is 0.833 bits per heavy atom. The van der Waals surface area contributed by atoms with Gasteiger partial charge in [0, 0.05) is 16.6 Å². The van der Waals surface area contributed by atoms with E-state index in [1.54, 1.807) is 7.11 Å². The van der Waals surface area contributed by atoms with Crippen LogP contribution in [0.15, 0.2) is 84.0 Å². The highest BCUT2D eigenvalue weighted by atomic mass is 16.5. The summed E-state index contributed by atoms with van der Waals surface area (Å²) in [5.41, 5.74) is 7.07. The van der Waals surface area contributed by atoms with E-state index in [2.05, 4.69) is 70.1 Å². The zero-order valence-corrected chi connectivity index (χ0v) is 16.9. The summed E-state index contributed by atoms with van der Waals surface area (Å²) in [4.78, 5) is 4.61. The number of nitrogens with zero attached hydrogens (tertiary/aromatic N) is 2. The van der Waals surface area contributed by atoms with Gasteiger partial charge in [0.15, 0.2) is 0 Å². The van der Waals surface area contributed by atoms with Crippen LogP contribution in [0.5, 0.6) is 5.75 Å². The molecule has 0 spiro atoms. The number of nitrogens with one attached hydrogen (secondary N) is 1. The summed E-state index contributed by atoms with van der Waals surface area (Å²) in [6.07, 6.45) is 1.91. The molecule has 4 aromatic carbocycles. The van der Waals surface area contributed by atoms with Crippen LogP contribution < -0.4 is 10.2 Å². The van der Waals surface area contributed by atoms with E-state index in [4.69, 9.17) is 4.74 Å². The van der Waals surface area contributed by atoms with Crippen LogP contribution in [-0.4, -0.2) is 18.3 Å². The van der Waals surface area contributed by atoms with Gasteiger partial charge in [-0.15, -0.1) is 0 Å². The second kappa shape index (κ2) is 7.48. The first-order valence-electron chi connectivity index (χ1n) is 9.88. The summed E-state index contributed by atoms with van der Waals surface area (Å²) in [5.74, 6) is 0.792. The van der Waals surface area contributed by atoms with Crippen molar-refractivity contribution >= 4 is 44.3 Å². The first-order chi connectivity index (χ1) is 14.7. The Labute approximate surface area is 174 Å². The fourth-order valence-corrected chi connectivity index (χ4v) is 3.91. The van der Waals surface area contributed by atoms with Crippen molar-refractivity contribution in [2.45, 2.75) is 6.92 Å². The van der Waals surface area contributed by atoms with E-state index < -0.39 is 0 Å². The third-order valence-corrected chi connectivity index (χ3v) is 5.34. The molecule has 0 fully saturated rings. The first kappa shape index (κ1) is 18.1. The lowest BCUT2D eigenvalue weighted by Gasteiger charge is -2.10. The van der Waals surface area contributed by atoms with Crippen LogP contribution in [0.1, 0.15) is 11.3 Å². The van der Waals surface area contributed by atoms with Crippen molar-refractivity contribution in [1.29, 1.82) is 0 Å². The highest BCUT2D eigenvalue weighted by Crippen LogP contribution is 2.29. The molecular formula is C26H21N3O. The zero-order chi connectivity index (χ0) is 20.5. The second-order valence-corrected chi connectivity index (χ2v) is 7.30. The number of fused-ring (bicyclic) bond motifs is 3. The minimum absolute atomic E-state index is 0.792. The summed E-state index contributed by atoms with van der Waals surface area (Å²) < 4.78 is 5.38. The number of aryl methyl sites for hydroxylation is 1. The van der Waals surface area contributed by atoms with Crippen LogP contribution in [0, 0.1) is 6.92 Å². The molecule has 4 heteroatoms. The lowest BCUT2D eigenvalue weighted by molar-refractivity contribution is 0.415. The van der Waals surface area contributed by atoms with Gasteiger partial charge in [-0.2, -0.15) is 5.10 Å². The van der Waals surface area contributed by atoms with Crippen molar-refractivity contribution in [3.63, 3.8) is 0 Å². The monoisotopic (exact) mass is 391 g/mol. The molecule has 4 nitrogen and oxygen atoms in total. The molecule has 0 unspecified atom stereocenters. The standard InChI is InChI=1S/C26H21N3O/c1-17-13-26(23-15-20(30-2)11-12-25(23)28-17)29-27-16-24-21-9-5-3-7-18(21)14-19-8-4-6-10-22(19)24/h3-16H,1-2H3,(H,28,29)/b27-16+. The predicted octanol–water partition coefficient (Wildman–Crippen LogP) is 6.30.